The minimum Gasteiger partial charge on any atom is -0.486 e. The van der Waals surface area contributed by atoms with Crippen LogP contribution < -0.4 is 19.5 Å². The Morgan fingerprint density at radius 1 is 1.08 bits per heavy atom. The topological polar surface area (TPSA) is 93.7 Å². The Morgan fingerprint density at radius 3 is 2.46 bits per heavy atom. The molecule has 0 radical (unpaired) electrons. The predicted molar refractivity (Wildman–Crippen MR) is 95.8 cm³/mol. The van der Waals surface area contributed by atoms with Crippen LogP contribution >= 0.6 is 0 Å². The molecule has 1 heterocycles. The van der Waals surface area contributed by atoms with Crippen LogP contribution in [0.25, 0.3) is 0 Å². The van der Waals surface area contributed by atoms with Gasteiger partial charge in [0.05, 0.1) is 11.4 Å². The molecule has 0 spiro atoms. The molecule has 26 heavy (non-hydrogen) atoms. The fraction of sp³-hybridized carbons (Fsp3) is 0.167. The van der Waals surface area contributed by atoms with E-state index in [1.165, 1.54) is 24.3 Å². The van der Waals surface area contributed by atoms with E-state index in [-0.39, 0.29) is 17.3 Å². The number of amides is 1. The molecule has 0 saturated carbocycles. The van der Waals surface area contributed by atoms with Crippen LogP contribution in [0.3, 0.4) is 0 Å². The van der Waals surface area contributed by atoms with Crippen LogP contribution in [0.1, 0.15) is 10.4 Å². The summed E-state index contributed by atoms with van der Waals surface area (Å²) in [6.45, 7) is 0.840. The quantitative estimate of drug-likeness (QED) is 0.778. The fourth-order valence-corrected chi connectivity index (χ4v) is 3.26. The first-order valence-electron chi connectivity index (χ1n) is 7.74. The van der Waals surface area contributed by atoms with Gasteiger partial charge in [-0.15, -0.1) is 6.42 Å². The van der Waals surface area contributed by atoms with Gasteiger partial charge in [-0.25, -0.2) is 8.42 Å². The molecule has 2 N–H and O–H groups in total. The lowest BCUT2D eigenvalue weighted by Crippen LogP contribution is -2.24. The molecule has 1 aliphatic rings. The number of ether oxygens (including phenoxy) is 2. The minimum absolute atomic E-state index is 0.0311. The summed E-state index contributed by atoms with van der Waals surface area (Å²) in [5.74, 6) is 3.02. The van der Waals surface area contributed by atoms with Gasteiger partial charge in [-0.3, -0.25) is 4.79 Å². The van der Waals surface area contributed by atoms with E-state index in [0.717, 1.165) is 0 Å². The Balaban J connectivity index is 1.72. The average molecular weight is 372 g/mol. The number of fused-ring (bicyclic) bond motifs is 1. The van der Waals surface area contributed by atoms with Crippen molar-refractivity contribution in [3.8, 4) is 23.8 Å². The van der Waals surface area contributed by atoms with Crippen molar-refractivity contribution in [2.24, 2.45) is 0 Å². The Labute approximate surface area is 151 Å². The number of carbonyl (C=O) groups is 1. The van der Waals surface area contributed by atoms with Gasteiger partial charge in [0.2, 0.25) is 10.0 Å². The van der Waals surface area contributed by atoms with E-state index >= 15 is 0 Å². The predicted octanol–water partition coefficient (Wildman–Crippen LogP) is 1.62. The van der Waals surface area contributed by atoms with E-state index in [1.54, 1.807) is 18.2 Å². The highest BCUT2D eigenvalue weighted by molar-refractivity contribution is 7.89. The highest BCUT2D eigenvalue weighted by Crippen LogP contribution is 2.32. The van der Waals surface area contributed by atoms with Crippen molar-refractivity contribution in [1.29, 1.82) is 0 Å². The fourth-order valence-electron chi connectivity index (χ4n) is 2.33. The van der Waals surface area contributed by atoms with Crippen molar-refractivity contribution in [2.75, 3.05) is 25.1 Å². The van der Waals surface area contributed by atoms with E-state index < -0.39 is 10.0 Å². The maximum absolute atomic E-state index is 12.3. The van der Waals surface area contributed by atoms with Gasteiger partial charge in [0.25, 0.3) is 5.91 Å². The summed E-state index contributed by atoms with van der Waals surface area (Å²) in [6.07, 6.45) is 5.05. The van der Waals surface area contributed by atoms with Crippen LogP contribution in [-0.4, -0.2) is 34.1 Å². The lowest BCUT2D eigenvalue weighted by molar-refractivity contribution is 0.102. The van der Waals surface area contributed by atoms with E-state index in [0.29, 0.717) is 36.0 Å². The Bertz CT molecular complexity index is 962. The minimum atomic E-state index is -3.69. The Hall–Kier alpha value is -3.02. The number of anilines is 1. The first-order valence-corrected chi connectivity index (χ1v) is 9.22. The second-order valence-corrected chi connectivity index (χ2v) is 7.13. The SMILES string of the molecule is C#CCNS(=O)(=O)c1ccc(C(=O)Nc2ccc3c(c2)OCCO3)cc1. The number of nitrogens with one attached hydrogen (secondary N) is 2. The number of hydrogen-bond acceptors (Lipinski definition) is 5. The lowest BCUT2D eigenvalue weighted by Gasteiger charge is -2.19. The van der Waals surface area contributed by atoms with Crippen LogP contribution in [0.15, 0.2) is 47.4 Å². The van der Waals surface area contributed by atoms with Crippen molar-refractivity contribution < 1.29 is 22.7 Å². The van der Waals surface area contributed by atoms with Gasteiger partial charge in [0, 0.05) is 17.3 Å². The molecule has 1 amide bonds. The van der Waals surface area contributed by atoms with Crippen LogP contribution in [-0.2, 0) is 10.0 Å². The van der Waals surface area contributed by atoms with Crippen LogP contribution in [0.5, 0.6) is 11.5 Å². The molecule has 0 fully saturated rings. The van der Waals surface area contributed by atoms with Gasteiger partial charge >= 0.3 is 0 Å². The molecule has 0 bridgehead atoms. The molecule has 0 aromatic heterocycles. The Morgan fingerprint density at radius 2 is 1.77 bits per heavy atom. The van der Waals surface area contributed by atoms with Crippen molar-refractivity contribution in [2.45, 2.75) is 4.90 Å². The zero-order valence-electron chi connectivity index (χ0n) is 13.7. The van der Waals surface area contributed by atoms with Gasteiger partial charge in [-0.1, -0.05) is 5.92 Å². The summed E-state index contributed by atoms with van der Waals surface area (Å²) in [6, 6.07) is 10.6. The second-order valence-electron chi connectivity index (χ2n) is 5.37. The van der Waals surface area contributed by atoms with Gasteiger partial charge in [-0.05, 0) is 36.4 Å². The van der Waals surface area contributed by atoms with Gasteiger partial charge in [-0.2, -0.15) is 4.72 Å². The molecule has 8 heteroatoms. The number of terminal acetylenes is 1. The van der Waals surface area contributed by atoms with E-state index in [1.807, 2.05) is 0 Å². The van der Waals surface area contributed by atoms with Crippen molar-refractivity contribution in [1.82, 2.24) is 4.72 Å². The largest absolute Gasteiger partial charge is 0.486 e. The molecular weight excluding hydrogens is 356 g/mol. The van der Waals surface area contributed by atoms with Gasteiger partial charge in [0.1, 0.15) is 13.2 Å². The molecule has 3 rings (SSSR count). The molecule has 0 unspecified atom stereocenters. The number of rotatable bonds is 5. The summed E-state index contributed by atoms with van der Waals surface area (Å²) < 4.78 is 37.1. The summed E-state index contributed by atoms with van der Waals surface area (Å²) in [5.41, 5.74) is 0.863. The third-order valence-electron chi connectivity index (χ3n) is 3.59. The Kier molecular flexibility index (Phi) is 5.11. The average Bonchev–Trinajstić information content (AvgIpc) is 2.66. The highest BCUT2D eigenvalue weighted by Gasteiger charge is 2.16. The lowest BCUT2D eigenvalue weighted by atomic mass is 10.2. The monoisotopic (exact) mass is 372 g/mol. The summed E-state index contributed by atoms with van der Waals surface area (Å²) >= 11 is 0. The molecule has 7 nitrogen and oxygen atoms in total. The number of carbonyl (C=O) groups excluding carboxylic acids is 1. The van der Waals surface area contributed by atoms with Crippen molar-refractivity contribution in [3.63, 3.8) is 0 Å². The molecule has 1 aliphatic heterocycles. The first-order chi connectivity index (χ1) is 12.5. The normalized spacial score (nSPS) is 12.9. The molecule has 0 atom stereocenters. The first kappa shape index (κ1) is 17.8. The second kappa shape index (κ2) is 7.47. The molecule has 0 aliphatic carbocycles. The maximum atomic E-state index is 12.3. The molecule has 134 valence electrons. The van der Waals surface area contributed by atoms with Crippen LogP contribution in [0.4, 0.5) is 5.69 Å². The summed E-state index contributed by atoms with van der Waals surface area (Å²) in [5, 5.41) is 2.73. The number of hydrogen-bond donors (Lipinski definition) is 2. The molecule has 2 aromatic rings. The van der Waals surface area contributed by atoms with Gasteiger partial charge in [0.15, 0.2) is 11.5 Å². The smallest absolute Gasteiger partial charge is 0.255 e. The zero-order chi connectivity index (χ0) is 18.6. The summed E-state index contributed by atoms with van der Waals surface area (Å²) in [4.78, 5) is 12.4. The third kappa shape index (κ3) is 3.96. The summed E-state index contributed by atoms with van der Waals surface area (Å²) in [7, 11) is -3.69. The van der Waals surface area contributed by atoms with Gasteiger partial charge < -0.3 is 14.8 Å². The molecular formula is C18H16N2O5S. The van der Waals surface area contributed by atoms with Crippen molar-refractivity contribution in [3.05, 3.63) is 48.0 Å². The van der Waals surface area contributed by atoms with Crippen LogP contribution in [0, 0.1) is 12.3 Å². The molecule has 0 saturated heterocycles. The van der Waals surface area contributed by atoms with E-state index in [9.17, 15) is 13.2 Å². The zero-order valence-corrected chi connectivity index (χ0v) is 14.5. The third-order valence-corrected chi connectivity index (χ3v) is 5.01. The number of benzene rings is 2. The van der Waals surface area contributed by atoms with Crippen LogP contribution in [0.2, 0.25) is 0 Å². The number of sulfonamides is 1. The maximum Gasteiger partial charge on any atom is 0.255 e. The standard InChI is InChI=1S/C18H16N2O5S/c1-2-9-19-26(22,23)15-6-3-13(4-7-15)18(21)20-14-5-8-16-17(12-14)25-11-10-24-16/h1,3-8,12,19H,9-11H2,(H,20,21). The van der Waals surface area contributed by atoms with Crippen molar-refractivity contribution >= 4 is 21.6 Å². The van der Waals surface area contributed by atoms with E-state index in [4.69, 9.17) is 15.9 Å². The molecule has 2 aromatic carbocycles. The van der Waals surface area contributed by atoms with E-state index in [2.05, 4.69) is 16.0 Å². The highest BCUT2D eigenvalue weighted by atomic mass is 32.2.